The Morgan fingerprint density at radius 1 is 1.36 bits per heavy atom. The molecule has 1 aliphatic carbocycles. The summed E-state index contributed by atoms with van der Waals surface area (Å²) >= 11 is 0. The van der Waals surface area contributed by atoms with Crippen molar-refractivity contribution in [3.8, 4) is 0 Å². The maximum atomic E-state index is 12.2. The Morgan fingerprint density at radius 2 is 2.20 bits per heavy atom. The molecular formula is C17H22N6O2. The fourth-order valence-corrected chi connectivity index (χ4v) is 3.54. The third kappa shape index (κ3) is 3.21. The van der Waals surface area contributed by atoms with Gasteiger partial charge in [-0.15, -0.1) is 0 Å². The van der Waals surface area contributed by atoms with E-state index in [0.717, 1.165) is 37.3 Å². The fourth-order valence-electron chi connectivity index (χ4n) is 3.54. The number of hydrogen-bond donors (Lipinski definition) is 2. The topological polar surface area (TPSA) is 96.2 Å². The number of carbonyl (C=O) groups excluding carboxylic acids is 1. The van der Waals surface area contributed by atoms with Crippen LogP contribution in [0.25, 0.3) is 0 Å². The van der Waals surface area contributed by atoms with Gasteiger partial charge in [0.15, 0.2) is 0 Å². The summed E-state index contributed by atoms with van der Waals surface area (Å²) in [6, 6.07) is 3.90. The highest BCUT2D eigenvalue weighted by Gasteiger charge is 2.33. The molecule has 2 aromatic rings. The van der Waals surface area contributed by atoms with Crippen LogP contribution in [-0.4, -0.2) is 56.0 Å². The average Bonchev–Trinajstić information content (AvgIpc) is 3.19. The van der Waals surface area contributed by atoms with Gasteiger partial charge in [-0.2, -0.15) is 5.10 Å². The first kappa shape index (κ1) is 16.0. The van der Waals surface area contributed by atoms with Crippen LogP contribution in [0.1, 0.15) is 41.4 Å². The van der Waals surface area contributed by atoms with Crippen molar-refractivity contribution in [1.82, 2.24) is 25.1 Å². The van der Waals surface area contributed by atoms with Gasteiger partial charge in [-0.3, -0.25) is 9.48 Å². The summed E-state index contributed by atoms with van der Waals surface area (Å²) in [5.74, 6) is 1.13. The SMILES string of the molecule is Cn1nccc1C(=O)NC1CC(c2cc(N3CCC(O)C3)ncn2)C1. The van der Waals surface area contributed by atoms with Crippen LogP contribution in [0.3, 0.4) is 0 Å². The molecule has 1 amide bonds. The van der Waals surface area contributed by atoms with Gasteiger partial charge in [0, 0.05) is 50.1 Å². The molecule has 1 atom stereocenters. The van der Waals surface area contributed by atoms with Crippen molar-refractivity contribution in [2.45, 2.75) is 37.3 Å². The molecule has 2 N–H and O–H groups in total. The van der Waals surface area contributed by atoms with Crippen LogP contribution in [0.5, 0.6) is 0 Å². The molecule has 1 saturated heterocycles. The highest BCUT2D eigenvalue weighted by molar-refractivity contribution is 5.92. The van der Waals surface area contributed by atoms with Crippen molar-refractivity contribution in [1.29, 1.82) is 0 Å². The van der Waals surface area contributed by atoms with Crippen molar-refractivity contribution in [3.63, 3.8) is 0 Å². The third-order valence-electron chi connectivity index (χ3n) is 5.11. The van der Waals surface area contributed by atoms with Gasteiger partial charge in [0.05, 0.1) is 6.10 Å². The van der Waals surface area contributed by atoms with E-state index in [4.69, 9.17) is 0 Å². The Bertz CT molecular complexity index is 770. The quantitative estimate of drug-likeness (QED) is 0.838. The molecule has 0 aromatic carbocycles. The van der Waals surface area contributed by atoms with Crippen LogP contribution < -0.4 is 10.2 Å². The lowest BCUT2D eigenvalue weighted by molar-refractivity contribution is 0.0898. The van der Waals surface area contributed by atoms with Gasteiger partial charge in [-0.1, -0.05) is 0 Å². The van der Waals surface area contributed by atoms with E-state index in [1.807, 2.05) is 6.07 Å². The van der Waals surface area contributed by atoms with Crippen molar-refractivity contribution < 1.29 is 9.90 Å². The van der Waals surface area contributed by atoms with Crippen LogP contribution in [0.15, 0.2) is 24.7 Å². The molecule has 1 saturated carbocycles. The molecule has 0 spiro atoms. The number of anilines is 1. The number of amides is 1. The van der Waals surface area contributed by atoms with Gasteiger partial charge in [0.1, 0.15) is 17.8 Å². The molecule has 1 aliphatic heterocycles. The molecular weight excluding hydrogens is 320 g/mol. The van der Waals surface area contributed by atoms with Gasteiger partial charge in [-0.05, 0) is 25.3 Å². The van der Waals surface area contributed by atoms with Gasteiger partial charge in [-0.25, -0.2) is 9.97 Å². The molecule has 8 nitrogen and oxygen atoms in total. The van der Waals surface area contributed by atoms with E-state index in [9.17, 15) is 9.90 Å². The summed E-state index contributed by atoms with van der Waals surface area (Å²) in [5, 5.41) is 16.8. The lowest BCUT2D eigenvalue weighted by Crippen LogP contribution is -2.44. The number of carbonyl (C=O) groups is 1. The van der Waals surface area contributed by atoms with Crippen LogP contribution in [-0.2, 0) is 7.05 Å². The zero-order valence-corrected chi connectivity index (χ0v) is 14.2. The molecule has 4 rings (SSSR count). The Balaban J connectivity index is 1.35. The Morgan fingerprint density at radius 3 is 2.88 bits per heavy atom. The summed E-state index contributed by atoms with van der Waals surface area (Å²) in [6.07, 6.45) is 5.48. The fraction of sp³-hybridized carbons (Fsp3) is 0.529. The van der Waals surface area contributed by atoms with Crippen molar-refractivity contribution in [2.75, 3.05) is 18.0 Å². The molecule has 2 aliphatic rings. The number of β-amino-alcohol motifs (C(OH)–C–C–N with tert-alkyl or cyclic N) is 1. The molecule has 2 aromatic heterocycles. The number of aromatic nitrogens is 4. The van der Waals surface area contributed by atoms with Crippen LogP contribution in [0, 0.1) is 0 Å². The van der Waals surface area contributed by atoms with Crippen LogP contribution >= 0.6 is 0 Å². The summed E-state index contributed by atoms with van der Waals surface area (Å²) in [5.41, 5.74) is 1.58. The van der Waals surface area contributed by atoms with Crippen molar-refractivity contribution in [3.05, 3.63) is 36.0 Å². The summed E-state index contributed by atoms with van der Waals surface area (Å²) in [6.45, 7) is 1.45. The largest absolute Gasteiger partial charge is 0.391 e. The highest BCUT2D eigenvalue weighted by Crippen LogP contribution is 2.37. The Hall–Kier alpha value is -2.48. The second-order valence-corrected chi connectivity index (χ2v) is 6.87. The maximum Gasteiger partial charge on any atom is 0.269 e. The first-order chi connectivity index (χ1) is 12.1. The summed E-state index contributed by atoms with van der Waals surface area (Å²) in [7, 11) is 1.76. The van der Waals surface area contributed by atoms with E-state index >= 15 is 0 Å². The molecule has 1 unspecified atom stereocenters. The lowest BCUT2D eigenvalue weighted by atomic mass is 9.78. The maximum absolute atomic E-state index is 12.2. The minimum atomic E-state index is -0.270. The summed E-state index contributed by atoms with van der Waals surface area (Å²) in [4.78, 5) is 23.0. The van der Waals surface area contributed by atoms with Crippen molar-refractivity contribution >= 4 is 11.7 Å². The van der Waals surface area contributed by atoms with E-state index in [1.165, 1.54) is 0 Å². The van der Waals surface area contributed by atoms with E-state index in [1.54, 1.807) is 30.3 Å². The smallest absolute Gasteiger partial charge is 0.269 e. The average molecular weight is 342 g/mol. The van der Waals surface area contributed by atoms with Gasteiger partial charge in [0.25, 0.3) is 5.91 Å². The lowest BCUT2D eigenvalue weighted by Gasteiger charge is -2.35. The van der Waals surface area contributed by atoms with Crippen LogP contribution in [0.2, 0.25) is 0 Å². The third-order valence-corrected chi connectivity index (χ3v) is 5.11. The number of aliphatic hydroxyl groups is 1. The molecule has 2 fully saturated rings. The van der Waals surface area contributed by atoms with E-state index in [0.29, 0.717) is 18.2 Å². The van der Waals surface area contributed by atoms with E-state index < -0.39 is 0 Å². The standard InChI is InChI=1S/C17H22N6O2/c1-22-15(2-4-20-22)17(25)21-12-6-11(7-12)14-8-16(19-10-18-14)23-5-3-13(24)9-23/h2,4,8,10-13,24H,3,5-7,9H2,1H3,(H,21,25). The minimum Gasteiger partial charge on any atom is -0.391 e. The number of nitrogens with one attached hydrogen (secondary N) is 1. The van der Waals surface area contributed by atoms with Gasteiger partial charge < -0.3 is 15.3 Å². The second-order valence-electron chi connectivity index (χ2n) is 6.87. The molecule has 25 heavy (non-hydrogen) atoms. The number of nitrogens with zero attached hydrogens (tertiary/aromatic N) is 5. The molecule has 132 valence electrons. The first-order valence-corrected chi connectivity index (χ1v) is 8.64. The monoisotopic (exact) mass is 342 g/mol. The molecule has 8 heteroatoms. The second kappa shape index (κ2) is 6.44. The number of aliphatic hydroxyl groups excluding tert-OH is 1. The highest BCUT2D eigenvalue weighted by atomic mass is 16.3. The Kier molecular flexibility index (Phi) is 4.12. The predicted octanol–water partition coefficient (Wildman–Crippen LogP) is 0.457. The van der Waals surface area contributed by atoms with E-state index in [-0.39, 0.29) is 18.1 Å². The van der Waals surface area contributed by atoms with Gasteiger partial charge >= 0.3 is 0 Å². The van der Waals surface area contributed by atoms with Crippen molar-refractivity contribution in [2.24, 2.45) is 7.05 Å². The molecule has 0 bridgehead atoms. The summed E-state index contributed by atoms with van der Waals surface area (Å²) < 4.78 is 1.58. The van der Waals surface area contributed by atoms with Gasteiger partial charge in [0.2, 0.25) is 0 Å². The molecule has 0 radical (unpaired) electrons. The minimum absolute atomic E-state index is 0.0853. The van der Waals surface area contributed by atoms with E-state index in [2.05, 4.69) is 25.3 Å². The zero-order chi connectivity index (χ0) is 17.4. The Labute approximate surface area is 145 Å². The first-order valence-electron chi connectivity index (χ1n) is 8.64. The predicted molar refractivity (Wildman–Crippen MR) is 91.3 cm³/mol. The number of hydrogen-bond acceptors (Lipinski definition) is 6. The number of rotatable bonds is 4. The molecule has 3 heterocycles. The van der Waals surface area contributed by atoms with Crippen LogP contribution in [0.4, 0.5) is 5.82 Å². The number of aryl methyl sites for hydroxylation is 1. The zero-order valence-electron chi connectivity index (χ0n) is 14.2. The normalized spacial score (nSPS) is 25.7.